The minimum atomic E-state index is -0.986. The van der Waals surface area contributed by atoms with Crippen molar-refractivity contribution in [1.82, 2.24) is 0 Å². The topological polar surface area (TPSA) is 68.3 Å². The molecule has 0 aliphatic carbocycles. The Labute approximate surface area is 121 Å². The van der Waals surface area contributed by atoms with E-state index in [2.05, 4.69) is 19.9 Å². The van der Waals surface area contributed by atoms with Crippen LogP contribution in [0, 0.1) is 17.2 Å². The highest BCUT2D eigenvalue weighted by molar-refractivity contribution is 5.30. The van der Waals surface area contributed by atoms with Crippen LogP contribution in [0.4, 0.5) is 0 Å². The molecule has 0 saturated heterocycles. The molecule has 0 heterocycles. The second kappa shape index (κ2) is 8.70. The van der Waals surface area contributed by atoms with Gasteiger partial charge in [-0.15, -0.1) is 0 Å². The van der Waals surface area contributed by atoms with Crippen molar-refractivity contribution in [3.05, 3.63) is 35.9 Å². The van der Waals surface area contributed by atoms with Gasteiger partial charge in [-0.1, -0.05) is 44.2 Å². The lowest BCUT2D eigenvalue weighted by Crippen LogP contribution is -2.36. The van der Waals surface area contributed by atoms with Crippen molar-refractivity contribution in [1.29, 1.82) is 5.26 Å². The normalized spacial score (nSPS) is 13.9. The number of nitriles is 1. The summed E-state index contributed by atoms with van der Waals surface area (Å²) < 4.78 is 10.9. The summed E-state index contributed by atoms with van der Waals surface area (Å²) in [5.41, 5.74) is 5.96. The molecule has 0 aromatic heterocycles. The molecule has 0 saturated carbocycles. The molecule has 0 aliphatic heterocycles. The van der Waals surface area contributed by atoms with Gasteiger partial charge < -0.3 is 15.2 Å². The molecule has 0 spiro atoms. The largest absolute Gasteiger partial charge is 0.379 e. The SMILES string of the molecule is CC(C)COCCOCCC(N)(C#N)c1ccccc1. The Kier molecular flexibility index (Phi) is 7.24. The van der Waals surface area contributed by atoms with E-state index in [9.17, 15) is 5.26 Å². The number of hydrogen-bond donors (Lipinski definition) is 1. The standard InChI is InChI=1S/C16H24N2O2/c1-14(2)12-20-11-10-19-9-8-16(18,13-17)15-6-4-3-5-7-15/h3-7,14H,8-12,18H2,1-2H3. The van der Waals surface area contributed by atoms with Crippen LogP contribution in [0.5, 0.6) is 0 Å². The van der Waals surface area contributed by atoms with Crippen molar-refractivity contribution in [2.75, 3.05) is 26.4 Å². The van der Waals surface area contributed by atoms with Crippen LogP contribution in [-0.4, -0.2) is 26.4 Å². The Morgan fingerprint density at radius 1 is 1.15 bits per heavy atom. The molecule has 2 N–H and O–H groups in total. The molecule has 4 heteroatoms. The maximum Gasteiger partial charge on any atom is 0.132 e. The molecule has 1 aromatic carbocycles. The molecule has 1 unspecified atom stereocenters. The fourth-order valence-electron chi connectivity index (χ4n) is 1.77. The predicted molar refractivity (Wildman–Crippen MR) is 79.0 cm³/mol. The van der Waals surface area contributed by atoms with Crippen LogP contribution in [0.15, 0.2) is 30.3 Å². The number of ether oxygens (including phenoxy) is 2. The number of nitrogens with zero attached hydrogens (tertiary/aromatic N) is 1. The zero-order valence-electron chi connectivity index (χ0n) is 12.3. The lowest BCUT2D eigenvalue weighted by Gasteiger charge is -2.21. The maximum atomic E-state index is 9.29. The van der Waals surface area contributed by atoms with E-state index < -0.39 is 5.54 Å². The van der Waals surface area contributed by atoms with Crippen molar-refractivity contribution in [3.63, 3.8) is 0 Å². The first kappa shape index (κ1) is 16.6. The molecular weight excluding hydrogens is 252 g/mol. The fraction of sp³-hybridized carbons (Fsp3) is 0.562. The molecular formula is C16H24N2O2. The average Bonchev–Trinajstić information content (AvgIpc) is 2.46. The van der Waals surface area contributed by atoms with Crippen LogP contribution in [0.1, 0.15) is 25.8 Å². The Morgan fingerprint density at radius 2 is 1.80 bits per heavy atom. The van der Waals surface area contributed by atoms with Gasteiger partial charge in [0.25, 0.3) is 0 Å². The summed E-state index contributed by atoms with van der Waals surface area (Å²) in [7, 11) is 0. The second-order valence-electron chi connectivity index (χ2n) is 5.28. The lowest BCUT2D eigenvalue weighted by atomic mass is 9.89. The van der Waals surface area contributed by atoms with E-state index in [0.29, 0.717) is 32.2 Å². The molecule has 1 atom stereocenters. The van der Waals surface area contributed by atoms with Gasteiger partial charge in [0.15, 0.2) is 0 Å². The summed E-state index contributed by atoms with van der Waals surface area (Å²) in [4.78, 5) is 0. The summed E-state index contributed by atoms with van der Waals surface area (Å²) >= 11 is 0. The summed E-state index contributed by atoms with van der Waals surface area (Å²) in [6.07, 6.45) is 0.470. The maximum absolute atomic E-state index is 9.29. The molecule has 0 aliphatic rings. The predicted octanol–water partition coefficient (Wildman–Crippen LogP) is 2.44. The highest BCUT2D eigenvalue weighted by Gasteiger charge is 2.26. The van der Waals surface area contributed by atoms with Gasteiger partial charge in [0.1, 0.15) is 5.54 Å². The van der Waals surface area contributed by atoms with Crippen LogP contribution in [0.2, 0.25) is 0 Å². The first-order valence-corrected chi connectivity index (χ1v) is 6.99. The van der Waals surface area contributed by atoms with Crippen molar-refractivity contribution in [2.45, 2.75) is 25.8 Å². The number of hydrogen-bond acceptors (Lipinski definition) is 4. The average molecular weight is 276 g/mol. The fourth-order valence-corrected chi connectivity index (χ4v) is 1.77. The molecule has 0 fully saturated rings. The van der Waals surface area contributed by atoms with E-state index in [1.165, 1.54) is 0 Å². The van der Waals surface area contributed by atoms with Gasteiger partial charge in [0.2, 0.25) is 0 Å². The first-order chi connectivity index (χ1) is 9.58. The zero-order valence-corrected chi connectivity index (χ0v) is 12.3. The van der Waals surface area contributed by atoms with Gasteiger partial charge in [-0.2, -0.15) is 5.26 Å². The first-order valence-electron chi connectivity index (χ1n) is 6.99. The van der Waals surface area contributed by atoms with Crippen LogP contribution in [0.3, 0.4) is 0 Å². The zero-order chi connectivity index (χ0) is 14.8. The molecule has 4 nitrogen and oxygen atoms in total. The molecule has 0 amide bonds. The number of benzene rings is 1. The van der Waals surface area contributed by atoms with Crippen LogP contribution in [0.25, 0.3) is 0 Å². The van der Waals surface area contributed by atoms with E-state index in [1.807, 2.05) is 30.3 Å². The molecule has 1 aromatic rings. The van der Waals surface area contributed by atoms with E-state index in [1.54, 1.807) is 0 Å². The molecule has 20 heavy (non-hydrogen) atoms. The van der Waals surface area contributed by atoms with Crippen molar-refractivity contribution in [2.24, 2.45) is 11.7 Å². The van der Waals surface area contributed by atoms with Gasteiger partial charge in [-0.05, 0) is 11.5 Å². The number of rotatable bonds is 9. The van der Waals surface area contributed by atoms with E-state index in [4.69, 9.17) is 15.2 Å². The smallest absolute Gasteiger partial charge is 0.132 e. The van der Waals surface area contributed by atoms with Gasteiger partial charge >= 0.3 is 0 Å². The van der Waals surface area contributed by atoms with Gasteiger partial charge in [0, 0.05) is 19.6 Å². The Morgan fingerprint density at radius 3 is 2.40 bits per heavy atom. The summed E-state index contributed by atoms with van der Waals surface area (Å²) in [5, 5.41) is 9.29. The van der Waals surface area contributed by atoms with Crippen LogP contribution in [-0.2, 0) is 15.0 Å². The van der Waals surface area contributed by atoms with Gasteiger partial charge in [-0.25, -0.2) is 0 Å². The summed E-state index contributed by atoms with van der Waals surface area (Å²) in [6.45, 7) is 6.51. The third kappa shape index (κ3) is 5.70. The summed E-state index contributed by atoms with van der Waals surface area (Å²) in [5.74, 6) is 0.531. The van der Waals surface area contributed by atoms with Gasteiger partial charge in [0.05, 0.1) is 19.3 Å². The minimum Gasteiger partial charge on any atom is -0.379 e. The Bertz CT molecular complexity index is 414. The van der Waals surface area contributed by atoms with Crippen molar-refractivity contribution < 1.29 is 9.47 Å². The monoisotopic (exact) mass is 276 g/mol. The molecule has 0 radical (unpaired) electrons. The molecule has 1 rings (SSSR count). The third-order valence-electron chi connectivity index (χ3n) is 2.95. The van der Waals surface area contributed by atoms with E-state index >= 15 is 0 Å². The Balaban J connectivity index is 2.27. The highest BCUT2D eigenvalue weighted by atomic mass is 16.5. The van der Waals surface area contributed by atoms with E-state index in [-0.39, 0.29) is 0 Å². The minimum absolute atomic E-state index is 0.448. The van der Waals surface area contributed by atoms with Gasteiger partial charge in [-0.3, -0.25) is 0 Å². The highest BCUT2D eigenvalue weighted by Crippen LogP contribution is 2.21. The van der Waals surface area contributed by atoms with Crippen molar-refractivity contribution in [3.8, 4) is 6.07 Å². The van der Waals surface area contributed by atoms with Crippen LogP contribution >= 0.6 is 0 Å². The molecule has 0 bridgehead atoms. The second-order valence-corrected chi connectivity index (χ2v) is 5.28. The lowest BCUT2D eigenvalue weighted by molar-refractivity contribution is 0.0339. The number of nitrogens with two attached hydrogens (primary N) is 1. The third-order valence-corrected chi connectivity index (χ3v) is 2.95. The quantitative estimate of drug-likeness (QED) is 0.703. The van der Waals surface area contributed by atoms with E-state index in [0.717, 1.165) is 12.2 Å². The Hall–Kier alpha value is -1.41. The summed E-state index contributed by atoms with van der Waals surface area (Å²) in [6, 6.07) is 11.6. The van der Waals surface area contributed by atoms with Crippen LogP contribution < -0.4 is 5.73 Å². The van der Waals surface area contributed by atoms with Crippen molar-refractivity contribution >= 4 is 0 Å². The molecule has 110 valence electrons.